The minimum atomic E-state index is -0.612. The van der Waals surface area contributed by atoms with E-state index >= 15 is 0 Å². The predicted octanol–water partition coefficient (Wildman–Crippen LogP) is 4.84. The molecule has 0 spiro atoms. The highest BCUT2D eigenvalue weighted by Gasteiger charge is 2.29. The monoisotopic (exact) mass is 566 g/mol. The van der Waals surface area contributed by atoms with Crippen LogP contribution in [-0.2, 0) is 11.4 Å². The van der Waals surface area contributed by atoms with Crippen molar-refractivity contribution in [3.63, 3.8) is 0 Å². The highest BCUT2D eigenvalue weighted by molar-refractivity contribution is 6.04. The molecule has 4 N–H and O–H groups in total. The quantitative estimate of drug-likeness (QED) is 0.241. The van der Waals surface area contributed by atoms with Crippen LogP contribution >= 0.6 is 0 Å². The molecule has 0 aliphatic carbocycles. The lowest BCUT2D eigenvalue weighted by Crippen LogP contribution is -2.18. The van der Waals surface area contributed by atoms with Crippen LogP contribution in [0.5, 0.6) is 17.4 Å². The van der Waals surface area contributed by atoms with Crippen LogP contribution in [0.4, 0.5) is 15.9 Å². The molecule has 5 aromatic rings. The van der Waals surface area contributed by atoms with E-state index < -0.39 is 17.3 Å². The van der Waals surface area contributed by atoms with Crippen LogP contribution in [0.2, 0.25) is 0 Å². The van der Waals surface area contributed by atoms with E-state index in [0.717, 1.165) is 0 Å². The molecule has 42 heavy (non-hydrogen) atoms. The SMILES string of the molecule is CN(C)CC=CC(=O)Nc1c(F)ccc2c1COc1[nH]c(=O)c3c(N)n(-c4ccc(Oc5ccccc5)cc4)nc3c1-2. The van der Waals surface area contributed by atoms with Crippen molar-refractivity contribution in [2.45, 2.75) is 6.61 Å². The number of carbonyl (C=O) groups excluding carboxylic acids is 1. The number of nitrogens with zero attached hydrogens (tertiary/aromatic N) is 3. The normalized spacial score (nSPS) is 12.3. The van der Waals surface area contributed by atoms with Gasteiger partial charge in [-0.15, -0.1) is 0 Å². The highest BCUT2D eigenvalue weighted by atomic mass is 19.1. The summed E-state index contributed by atoms with van der Waals surface area (Å²) in [6, 6.07) is 19.3. The maximum atomic E-state index is 15.0. The number of pyridine rings is 1. The second kappa shape index (κ2) is 10.9. The fourth-order valence-electron chi connectivity index (χ4n) is 4.82. The van der Waals surface area contributed by atoms with E-state index in [2.05, 4.69) is 10.3 Å². The summed E-state index contributed by atoms with van der Waals surface area (Å²) in [5, 5.41) is 7.49. The van der Waals surface area contributed by atoms with E-state index in [1.54, 1.807) is 36.4 Å². The molecular weight excluding hydrogens is 539 g/mol. The molecule has 0 unspecified atom stereocenters. The number of rotatable bonds is 7. The Bertz CT molecular complexity index is 1900. The Morgan fingerprint density at radius 1 is 1.14 bits per heavy atom. The second-order valence-corrected chi connectivity index (χ2v) is 9.98. The molecule has 1 aliphatic heterocycles. The van der Waals surface area contributed by atoms with Gasteiger partial charge in [0.15, 0.2) is 0 Å². The van der Waals surface area contributed by atoms with Crippen molar-refractivity contribution in [1.82, 2.24) is 19.7 Å². The van der Waals surface area contributed by atoms with Gasteiger partial charge in [0.2, 0.25) is 11.8 Å². The summed E-state index contributed by atoms with van der Waals surface area (Å²) < 4.78 is 28.2. The Labute approximate surface area is 239 Å². The molecule has 3 aromatic carbocycles. The van der Waals surface area contributed by atoms with Crippen LogP contribution in [0, 0.1) is 5.82 Å². The number of ether oxygens (including phenoxy) is 2. The zero-order chi connectivity index (χ0) is 29.4. The van der Waals surface area contributed by atoms with Gasteiger partial charge in [0, 0.05) is 18.2 Å². The standard InChI is InChI=1S/C31H27FN6O4/c1-37(2)16-6-9-24(39)34-27-22-17-41-31-25(21(22)14-15-23(27)32)28-26(30(40)35-31)29(33)38(36-28)18-10-12-20(13-11-18)42-19-7-4-3-5-8-19/h3-15H,16-17,33H2,1-2H3,(H,34,39)(H,35,40). The van der Waals surface area contributed by atoms with E-state index in [-0.39, 0.29) is 34.9 Å². The van der Waals surface area contributed by atoms with Gasteiger partial charge in [-0.05, 0) is 62.1 Å². The largest absolute Gasteiger partial charge is 0.473 e. The van der Waals surface area contributed by atoms with Crippen LogP contribution in [0.15, 0.2) is 83.7 Å². The summed E-state index contributed by atoms with van der Waals surface area (Å²) in [4.78, 5) is 30.3. The number of benzene rings is 3. The number of aromatic amines is 1. The van der Waals surface area contributed by atoms with E-state index in [9.17, 15) is 14.0 Å². The van der Waals surface area contributed by atoms with Gasteiger partial charge in [-0.3, -0.25) is 14.6 Å². The van der Waals surface area contributed by atoms with Crippen LogP contribution in [0.25, 0.3) is 27.7 Å². The van der Waals surface area contributed by atoms with E-state index in [4.69, 9.17) is 20.3 Å². The highest BCUT2D eigenvalue weighted by Crippen LogP contribution is 2.43. The number of nitrogens with one attached hydrogen (secondary N) is 2. The van der Waals surface area contributed by atoms with Crippen LogP contribution in [0.3, 0.4) is 0 Å². The summed E-state index contributed by atoms with van der Waals surface area (Å²) in [6.45, 7) is 0.481. The maximum absolute atomic E-state index is 15.0. The summed E-state index contributed by atoms with van der Waals surface area (Å²) in [5.41, 5.74) is 8.29. The summed E-state index contributed by atoms with van der Waals surface area (Å²) in [7, 11) is 3.75. The van der Waals surface area contributed by atoms with Gasteiger partial charge in [0.25, 0.3) is 5.56 Å². The number of amides is 1. The Kier molecular flexibility index (Phi) is 6.93. The van der Waals surface area contributed by atoms with Crippen molar-refractivity contribution >= 4 is 28.3 Å². The molecule has 1 aliphatic rings. The Morgan fingerprint density at radius 3 is 2.62 bits per heavy atom. The maximum Gasteiger partial charge on any atom is 0.264 e. The van der Waals surface area contributed by atoms with Gasteiger partial charge in [-0.1, -0.05) is 30.3 Å². The number of nitrogen functional groups attached to an aromatic ring is 1. The van der Waals surface area contributed by atoms with Gasteiger partial charge in [-0.25, -0.2) is 9.07 Å². The van der Waals surface area contributed by atoms with Crippen LogP contribution in [0.1, 0.15) is 5.56 Å². The van der Waals surface area contributed by atoms with E-state index in [0.29, 0.717) is 40.4 Å². The molecule has 0 saturated carbocycles. The number of anilines is 2. The summed E-state index contributed by atoms with van der Waals surface area (Å²) in [6.07, 6.45) is 3.03. The second-order valence-electron chi connectivity index (χ2n) is 9.98. The molecule has 0 bridgehead atoms. The number of hydrogen-bond donors (Lipinski definition) is 3. The molecule has 0 radical (unpaired) electrons. The Balaban J connectivity index is 1.40. The number of H-pyrrole nitrogens is 1. The first kappa shape index (κ1) is 26.8. The zero-order valence-electron chi connectivity index (χ0n) is 22.8. The number of fused-ring (bicyclic) bond motifs is 5. The predicted molar refractivity (Wildman–Crippen MR) is 159 cm³/mol. The van der Waals surface area contributed by atoms with Gasteiger partial charge in [0.1, 0.15) is 40.6 Å². The number of carbonyl (C=O) groups is 1. The first-order chi connectivity index (χ1) is 20.3. The number of likely N-dealkylation sites (N-methyl/N-ethyl adjacent to an activating group) is 1. The van der Waals surface area contributed by atoms with Crippen molar-refractivity contribution < 1.29 is 18.7 Å². The average Bonchev–Trinajstić information content (AvgIpc) is 3.32. The number of aromatic nitrogens is 3. The third-order valence-electron chi connectivity index (χ3n) is 6.78. The fourth-order valence-corrected chi connectivity index (χ4v) is 4.82. The number of halogens is 1. The summed E-state index contributed by atoms with van der Waals surface area (Å²) >= 11 is 0. The first-order valence-electron chi connectivity index (χ1n) is 13.1. The average molecular weight is 567 g/mol. The van der Waals surface area contributed by atoms with Crippen molar-refractivity contribution in [1.29, 1.82) is 0 Å². The molecule has 0 saturated heterocycles. The Hall–Kier alpha value is -5.42. The minimum absolute atomic E-state index is 0.00147. The smallest absolute Gasteiger partial charge is 0.264 e. The van der Waals surface area contributed by atoms with Gasteiger partial charge in [0.05, 0.1) is 16.9 Å². The molecule has 0 atom stereocenters. The van der Waals surface area contributed by atoms with E-state index in [1.165, 1.54) is 16.8 Å². The lowest BCUT2D eigenvalue weighted by molar-refractivity contribution is -0.112. The molecule has 11 heteroatoms. The molecule has 3 heterocycles. The zero-order valence-corrected chi connectivity index (χ0v) is 22.8. The fraction of sp³-hybridized carbons (Fsp3) is 0.129. The molecule has 10 nitrogen and oxygen atoms in total. The number of hydrogen-bond acceptors (Lipinski definition) is 7. The molecular formula is C31H27FN6O4. The molecule has 6 rings (SSSR count). The van der Waals surface area contributed by atoms with Crippen LogP contribution < -0.4 is 26.1 Å². The summed E-state index contributed by atoms with van der Waals surface area (Å²) in [5.74, 6) is 0.535. The van der Waals surface area contributed by atoms with Gasteiger partial charge >= 0.3 is 0 Å². The molecule has 0 fully saturated rings. The van der Waals surface area contributed by atoms with Crippen LogP contribution in [-0.4, -0.2) is 46.2 Å². The van der Waals surface area contributed by atoms with Crippen molar-refractivity contribution in [3.8, 4) is 34.2 Å². The lowest BCUT2D eigenvalue weighted by Gasteiger charge is -2.23. The number of para-hydroxylation sites is 1. The first-order valence-corrected chi connectivity index (χ1v) is 13.1. The van der Waals surface area contributed by atoms with Crippen molar-refractivity contribution in [2.24, 2.45) is 0 Å². The lowest BCUT2D eigenvalue weighted by atomic mass is 9.95. The third-order valence-corrected chi connectivity index (χ3v) is 6.78. The molecule has 212 valence electrons. The minimum Gasteiger partial charge on any atom is -0.473 e. The molecule has 1 amide bonds. The topological polar surface area (TPSA) is 128 Å². The third kappa shape index (κ3) is 4.97. The number of nitrogens with two attached hydrogens (primary N) is 1. The Morgan fingerprint density at radius 2 is 1.88 bits per heavy atom. The van der Waals surface area contributed by atoms with E-state index in [1.807, 2.05) is 49.3 Å². The van der Waals surface area contributed by atoms with Crippen molar-refractivity contribution in [3.05, 3.63) is 101 Å². The van der Waals surface area contributed by atoms with Crippen molar-refractivity contribution in [2.75, 3.05) is 31.7 Å². The van der Waals surface area contributed by atoms with Gasteiger partial charge < -0.3 is 25.4 Å². The molecule has 2 aromatic heterocycles. The van der Waals surface area contributed by atoms with Gasteiger partial charge in [-0.2, -0.15) is 5.10 Å².